The molecule has 3 aliphatic rings. The van der Waals surface area contributed by atoms with Crippen molar-refractivity contribution in [2.45, 2.75) is 19.5 Å². The fourth-order valence-corrected chi connectivity index (χ4v) is 3.27. The second-order valence-corrected chi connectivity index (χ2v) is 6.16. The van der Waals surface area contributed by atoms with Gasteiger partial charge in [0, 0.05) is 57.4 Å². The molecule has 5 nitrogen and oxygen atoms in total. The first-order valence-electron chi connectivity index (χ1n) is 8.48. The fourth-order valence-electron chi connectivity index (χ4n) is 3.27. The largest absolute Gasteiger partial charge is 0.357 e. The number of piperazine rings is 3. The standard InChI is InChI=1S/C17H26FN5/c1-2-19-17(20-11-14-5-3-4-6-16(14)18)21-12-15-13-22-7-9-23(15)10-8-22/h3-6,15H,2,7-13H2,1H3,(H2,19,20,21). The molecule has 4 rings (SSSR count). The second-order valence-electron chi connectivity index (χ2n) is 6.16. The molecule has 6 heteroatoms. The molecule has 1 aromatic rings. The van der Waals surface area contributed by atoms with Crippen molar-refractivity contribution >= 4 is 5.96 Å². The minimum Gasteiger partial charge on any atom is -0.357 e. The van der Waals surface area contributed by atoms with Crippen molar-refractivity contribution in [1.29, 1.82) is 0 Å². The van der Waals surface area contributed by atoms with Crippen LogP contribution in [0.3, 0.4) is 0 Å². The van der Waals surface area contributed by atoms with E-state index in [9.17, 15) is 4.39 Å². The third kappa shape index (κ3) is 4.20. The maximum atomic E-state index is 13.7. The van der Waals surface area contributed by atoms with E-state index in [0.29, 0.717) is 18.2 Å². The molecule has 1 aromatic carbocycles. The predicted octanol–water partition coefficient (Wildman–Crippen LogP) is 0.881. The molecule has 0 aliphatic carbocycles. The molecule has 3 aliphatic heterocycles. The van der Waals surface area contributed by atoms with E-state index in [1.165, 1.54) is 19.2 Å². The number of rotatable bonds is 5. The highest BCUT2D eigenvalue weighted by molar-refractivity contribution is 5.79. The molecule has 2 N–H and O–H groups in total. The van der Waals surface area contributed by atoms with Gasteiger partial charge < -0.3 is 10.6 Å². The molecule has 23 heavy (non-hydrogen) atoms. The third-order valence-corrected chi connectivity index (χ3v) is 4.61. The van der Waals surface area contributed by atoms with E-state index < -0.39 is 0 Å². The van der Waals surface area contributed by atoms with Crippen LogP contribution in [0.4, 0.5) is 4.39 Å². The van der Waals surface area contributed by atoms with Crippen LogP contribution in [0, 0.1) is 5.82 Å². The molecule has 0 amide bonds. The number of fused-ring (bicyclic) bond motifs is 3. The van der Waals surface area contributed by atoms with Crippen LogP contribution >= 0.6 is 0 Å². The molecule has 3 fully saturated rings. The molecule has 3 saturated heterocycles. The molecular formula is C17H26FN5. The maximum Gasteiger partial charge on any atom is 0.191 e. The van der Waals surface area contributed by atoms with Gasteiger partial charge in [0.1, 0.15) is 5.82 Å². The SMILES string of the molecule is CCNC(=NCc1ccccc1F)NCC1CN2CCN1CC2. The Hall–Kier alpha value is -1.66. The summed E-state index contributed by atoms with van der Waals surface area (Å²) >= 11 is 0. The van der Waals surface area contributed by atoms with E-state index in [1.807, 2.05) is 13.0 Å². The number of nitrogens with one attached hydrogen (secondary N) is 2. The van der Waals surface area contributed by atoms with Crippen molar-refractivity contribution in [1.82, 2.24) is 20.4 Å². The highest BCUT2D eigenvalue weighted by Gasteiger charge is 2.31. The minimum absolute atomic E-state index is 0.199. The van der Waals surface area contributed by atoms with Gasteiger partial charge in [-0.25, -0.2) is 9.38 Å². The Morgan fingerprint density at radius 3 is 2.65 bits per heavy atom. The summed E-state index contributed by atoms with van der Waals surface area (Å²) in [5.41, 5.74) is 0.622. The number of nitrogens with zero attached hydrogens (tertiary/aromatic N) is 3. The molecule has 1 atom stereocenters. The van der Waals surface area contributed by atoms with Crippen LogP contribution in [0.1, 0.15) is 12.5 Å². The summed E-state index contributed by atoms with van der Waals surface area (Å²) in [6.45, 7) is 9.89. The quantitative estimate of drug-likeness (QED) is 0.625. The molecule has 2 bridgehead atoms. The summed E-state index contributed by atoms with van der Waals surface area (Å²) in [5.74, 6) is 0.559. The van der Waals surface area contributed by atoms with Crippen LogP contribution in [0.5, 0.6) is 0 Å². The average Bonchev–Trinajstić information content (AvgIpc) is 2.60. The summed E-state index contributed by atoms with van der Waals surface area (Å²) in [6.07, 6.45) is 0. The number of aliphatic imine (C=N–C) groups is 1. The Labute approximate surface area is 137 Å². The summed E-state index contributed by atoms with van der Waals surface area (Å²) in [4.78, 5) is 9.59. The Kier molecular flexibility index (Phi) is 5.46. The lowest BCUT2D eigenvalue weighted by Gasteiger charge is -2.47. The average molecular weight is 319 g/mol. The van der Waals surface area contributed by atoms with Crippen molar-refractivity contribution < 1.29 is 4.39 Å². The van der Waals surface area contributed by atoms with Crippen molar-refractivity contribution in [2.24, 2.45) is 4.99 Å². The van der Waals surface area contributed by atoms with Gasteiger partial charge in [0.2, 0.25) is 0 Å². The van der Waals surface area contributed by atoms with Gasteiger partial charge in [-0.05, 0) is 13.0 Å². The zero-order chi connectivity index (χ0) is 16.1. The van der Waals surface area contributed by atoms with Crippen LogP contribution in [0.25, 0.3) is 0 Å². The van der Waals surface area contributed by atoms with E-state index in [4.69, 9.17) is 0 Å². The minimum atomic E-state index is -0.199. The summed E-state index contributed by atoms with van der Waals surface area (Å²) < 4.78 is 13.7. The van der Waals surface area contributed by atoms with E-state index in [1.54, 1.807) is 12.1 Å². The van der Waals surface area contributed by atoms with Crippen molar-refractivity contribution in [3.05, 3.63) is 35.6 Å². The Balaban J connectivity index is 1.56. The Bertz CT molecular complexity index is 540. The van der Waals surface area contributed by atoms with Crippen molar-refractivity contribution in [3.8, 4) is 0 Å². The number of halogens is 1. The molecule has 0 spiro atoms. The zero-order valence-corrected chi connectivity index (χ0v) is 13.8. The second kappa shape index (κ2) is 7.75. The monoisotopic (exact) mass is 319 g/mol. The van der Waals surface area contributed by atoms with Gasteiger partial charge in [0.15, 0.2) is 5.96 Å². The predicted molar refractivity (Wildman–Crippen MR) is 91.0 cm³/mol. The number of hydrogen-bond donors (Lipinski definition) is 2. The van der Waals surface area contributed by atoms with Gasteiger partial charge in [-0.15, -0.1) is 0 Å². The van der Waals surface area contributed by atoms with Crippen LogP contribution in [-0.2, 0) is 6.54 Å². The first kappa shape index (κ1) is 16.2. The number of guanidine groups is 1. The van der Waals surface area contributed by atoms with Crippen LogP contribution in [0.2, 0.25) is 0 Å². The van der Waals surface area contributed by atoms with Gasteiger partial charge in [0.25, 0.3) is 0 Å². The third-order valence-electron chi connectivity index (χ3n) is 4.61. The molecule has 0 radical (unpaired) electrons. The van der Waals surface area contributed by atoms with Crippen molar-refractivity contribution in [2.75, 3.05) is 45.8 Å². The summed E-state index contributed by atoms with van der Waals surface area (Å²) in [7, 11) is 0. The number of hydrogen-bond acceptors (Lipinski definition) is 3. The Morgan fingerprint density at radius 1 is 1.22 bits per heavy atom. The normalized spacial score (nSPS) is 27.0. The maximum absolute atomic E-state index is 13.7. The highest BCUT2D eigenvalue weighted by atomic mass is 19.1. The molecule has 3 heterocycles. The lowest BCUT2D eigenvalue weighted by molar-refractivity contribution is 0.0154. The van der Waals surface area contributed by atoms with Crippen LogP contribution in [0.15, 0.2) is 29.3 Å². The van der Waals surface area contributed by atoms with E-state index in [2.05, 4.69) is 25.4 Å². The van der Waals surface area contributed by atoms with Gasteiger partial charge in [-0.3, -0.25) is 9.80 Å². The van der Waals surface area contributed by atoms with E-state index in [0.717, 1.165) is 38.7 Å². The molecule has 0 aromatic heterocycles. The zero-order valence-electron chi connectivity index (χ0n) is 13.8. The smallest absolute Gasteiger partial charge is 0.191 e. The van der Waals surface area contributed by atoms with E-state index >= 15 is 0 Å². The summed E-state index contributed by atoms with van der Waals surface area (Å²) in [6, 6.07) is 7.34. The fraction of sp³-hybridized carbons (Fsp3) is 0.588. The van der Waals surface area contributed by atoms with Gasteiger partial charge in [-0.2, -0.15) is 0 Å². The first-order valence-corrected chi connectivity index (χ1v) is 8.48. The van der Waals surface area contributed by atoms with Gasteiger partial charge in [0.05, 0.1) is 6.54 Å². The lowest BCUT2D eigenvalue weighted by Crippen LogP contribution is -2.63. The molecular weight excluding hydrogens is 293 g/mol. The molecule has 1 unspecified atom stereocenters. The van der Waals surface area contributed by atoms with Gasteiger partial charge >= 0.3 is 0 Å². The topological polar surface area (TPSA) is 42.9 Å². The molecule has 126 valence electrons. The Morgan fingerprint density at radius 2 is 2.00 bits per heavy atom. The first-order chi connectivity index (χ1) is 11.3. The van der Waals surface area contributed by atoms with Crippen molar-refractivity contribution in [3.63, 3.8) is 0 Å². The highest BCUT2D eigenvalue weighted by Crippen LogP contribution is 2.14. The lowest BCUT2D eigenvalue weighted by atomic mass is 10.1. The number of benzene rings is 1. The van der Waals surface area contributed by atoms with Gasteiger partial charge in [-0.1, -0.05) is 18.2 Å². The van der Waals surface area contributed by atoms with Crippen LogP contribution < -0.4 is 10.6 Å². The van der Waals surface area contributed by atoms with Crippen LogP contribution in [-0.4, -0.2) is 67.6 Å². The summed E-state index contributed by atoms with van der Waals surface area (Å²) in [5, 5.41) is 6.65. The molecule has 0 saturated carbocycles. The van der Waals surface area contributed by atoms with E-state index in [-0.39, 0.29) is 5.82 Å².